The number of benzene rings is 1. The smallest absolute Gasteiger partial charge is 0.0187 e. The average Bonchev–Trinajstić information content (AvgIpc) is 2.16. The Morgan fingerprint density at radius 3 is 2.44 bits per heavy atom. The molecule has 1 nitrogen and oxygen atoms in total. The Hall–Kier alpha value is -0.730. The topological polar surface area (TPSA) is 12.0 Å². The summed E-state index contributed by atoms with van der Waals surface area (Å²) in [6.07, 6.45) is 0. The second-order valence-electron chi connectivity index (χ2n) is 4.27. The molecule has 0 spiro atoms. The second kappa shape index (κ2) is 6.77. The molecule has 0 fully saturated rings. The first-order valence-electron chi connectivity index (χ1n) is 5.58. The number of thioether (sulfide) groups is 1. The molecule has 1 aromatic carbocycles. The summed E-state index contributed by atoms with van der Waals surface area (Å²) < 4.78 is 0. The molecule has 0 aromatic heterocycles. The van der Waals surface area contributed by atoms with Crippen molar-refractivity contribution >= 4 is 11.8 Å². The standard InChI is InChI=1S/C14H21NS/c1-11-5-12(2)7-14(6-11)10-16-9-13(3)8-15-4/h5-7,15H,3,8-10H2,1-2,4H3. The van der Waals surface area contributed by atoms with E-state index < -0.39 is 0 Å². The van der Waals surface area contributed by atoms with E-state index in [4.69, 9.17) is 0 Å². The van der Waals surface area contributed by atoms with Crippen LogP contribution in [0.4, 0.5) is 0 Å². The van der Waals surface area contributed by atoms with Crippen molar-refractivity contribution in [1.29, 1.82) is 0 Å². The maximum Gasteiger partial charge on any atom is 0.0187 e. The van der Waals surface area contributed by atoms with E-state index in [1.807, 2.05) is 18.8 Å². The van der Waals surface area contributed by atoms with Crippen LogP contribution in [0, 0.1) is 13.8 Å². The van der Waals surface area contributed by atoms with Crippen molar-refractivity contribution in [2.45, 2.75) is 19.6 Å². The van der Waals surface area contributed by atoms with Crippen LogP contribution in [0.5, 0.6) is 0 Å². The van der Waals surface area contributed by atoms with Gasteiger partial charge in [0.2, 0.25) is 0 Å². The summed E-state index contributed by atoms with van der Waals surface area (Å²) in [5.41, 5.74) is 5.38. The van der Waals surface area contributed by atoms with Crippen molar-refractivity contribution in [3.63, 3.8) is 0 Å². The number of rotatable bonds is 6. The lowest BCUT2D eigenvalue weighted by atomic mass is 10.1. The predicted octanol–water partition coefficient (Wildman–Crippen LogP) is 3.31. The van der Waals surface area contributed by atoms with Gasteiger partial charge in [0.15, 0.2) is 0 Å². The van der Waals surface area contributed by atoms with Crippen LogP contribution in [0.1, 0.15) is 16.7 Å². The van der Waals surface area contributed by atoms with Gasteiger partial charge in [-0.1, -0.05) is 41.5 Å². The molecule has 0 saturated heterocycles. The van der Waals surface area contributed by atoms with E-state index in [9.17, 15) is 0 Å². The highest BCUT2D eigenvalue weighted by Gasteiger charge is 1.98. The highest BCUT2D eigenvalue weighted by atomic mass is 32.2. The molecule has 1 aromatic rings. The molecule has 88 valence electrons. The second-order valence-corrected chi connectivity index (χ2v) is 5.25. The van der Waals surface area contributed by atoms with Crippen LogP contribution < -0.4 is 5.32 Å². The van der Waals surface area contributed by atoms with Crippen LogP contribution in [0.15, 0.2) is 30.4 Å². The molecular formula is C14H21NS. The molecule has 1 N–H and O–H groups in total. The molecule has 0 aliphatic heterocycles. The maximum absolute atomic E-state index is 4.03. The van der Waals surface area contributed by atoms with Gasteiger partial charge in [-0.2, -0.15) is 11.8 Å². The molecule has 0 radical (unpaired) electrons. The van der Waals surface area contributed by atoms with Gasteiger partial charge in [-0.25, -0.2) is 0 Å². The van der Waals surface area contributed by atoms with Crippen molar-refractivity contribution in [3.8, 4) is 0 Å². The summed E-state index contributed by atoms with van der Waals surface area (Å²) in [7, 11) is 1.96. The van der Waals surface area contributed by atoms with Crippen LogP contribution in [-0.4, -0.2) is 19.3 Å². The number of aryl methyl sites for hydroxylation is 2. The fourth-order valence-electron chi connectivity index (χ4n) is 1.77. The van der Waals surface area contributed by atoms with Gasteiger partial charge in [0.05, 0.1) is 0 Å². The van der Waals surface area contributed by atoms with Gasteiger partial charge in [0.1, 0.15) is 0 Å². The summed E-state index contributed by atoms with van der Waals surface area (Å²) in [6.45, 7) is 9.25. The summed E-state index contributed by atoms with van der Waals surface area (Å²) in [5, 5.41) is 3.12. The fraction of sp³-hybridized carbons (Fsp3) is 0.429. The number of hydrogen-bond acceptors (Lipinski definition) is 2. The Morgan fingerprint density at radius 1 is 1.25 bits per heavy atom. The molecule has 2 heteroatoms. The monoisotopic (exact) mass is 235 g/mol. The highest BCUT2D eigenvalue weighted by Crippen LogP contribution is 2.17. The van der Waals surface area contributed by atoms with Crippen LogP contribution in [0.25, 0.3) is 0 Å². The lowest BCUT2D eigenvalue weighted by Gasteiger charge is -2.06. The van der Waals surface area contributed by atoms with E-state index in [2.05, 4.69) is 43.9 Å². The molecule has 0 bridgehead atoms. The van der Waals surface area contributed by atoms with E-state index in [1.165, 1.54) is 22.3 Å². The van der Waals surface area contributed by atoms with E-state index in [0.717, 1.165) is 18.1 Å². The largest absolute Gasteiger partial charge is 0.316 e. The Bertz CT molecular complexity index is 338. The van der Waals surface area contributed by atoms with Gasteiger partial charge in [0.25, 0.3) is 0 Å². The quantitative estimate of drug-likeness (QED) is 0.759. The van der Waals surface area contributed by atoms with Crippen molar-refractivity contribution in [2.75, 3.05) is 19.3 Å². The third kappa shape index (κ3) is 4.86. The van der Waals surface area contributed by atoms with E-state index >= 15 is 0 Å². The summed E-state index contributed by atoms with van der Waals surface area (Å²) in [4.78, 5) is 0. The lowest BCUT2D eigenvalue weighted by molar-refractivity contribution is 0.885. The molecule has 16 heavy (non-hydrogen) atoms. The van der Waals surface area contributed by atoms with Crippen LogP contribution >= 0.6 is 11.8 Å². The fourth-order valence-corrected chi connectivity index (χ4v) is 2.66. The van der Waals surface area contributed by atoms with Gasteiger partial charge >= 0.3 is 0 Å². The van der Waals surface area contributed by atoms with E-state index in [0.29, 0.717) is 0 Å². The SMILES string of the molecule is C=C(CNC)CSCc1cc(C)cc(C)c1. The van der Waals surface area contributed by atoms with Gasteiger partial charge < -0.3 is 5.32 Å². The molecule has 0 aliphatic carbocycles. The average molecular weight is 235 g/mol. The number of nitrogens with one attached hydrogen (secondary N) is 1. The third-order valence-corrected chi connectivity index (χ3v) is 3.43. The zero-order valence-corrected chi connectivity index (χ0v) is 11.3. The van der Waals surface area contributed by atoms with Crippen molar-refractivity contribution in [3.05, 3.63) is 47.0 Å². The first kappa shape index (κ1) is 13.3. The van der Waals surface area contributed by atoms with Gasteiger partial charge in [-0.05, 0) is 26.5 Å². The molecule has 0 unspecified atom stereocenters. The third-order valence-electron chi connectivity index (χ3n) is 2.28. The molecule has 0 aliphatic rings. The number of likely N-dealkylation sites (N-methyl/N-ethyl adjacent to an activating group) is 1. The zero-order valence-electron chi connectivity index (χ0n) is 10.5. The Kier molecular flexibility index (Phi) is 5.64. The van der Waals surface area contributed by atoms with Gasteiger partial charge in [-0.15, -0.1) is 0 Å². The number of hydrogen-bond donors (Lipinski definition) is 1. The molecule has 0 atom stereocenters. The first-order chi connectivity index (χ1) is 7.61. The minimum atomic E-state index is 0.917. The normalized spacial score (nSPS) is 10.4. The predicted molar refractivity (Wildman–Crippen MR) is 75.1 cm³/mol. The van der Waals surface area contributed by atoms with E-state index in [-0.39, 0.29) is 0 Å². The molecule has 1 rings (SSSR count). The summed E-state index contributed by atoms with van der Waals surface area (Å²) in [6, 6.07) is 6.75. The van der Waals surface area contributed by atoms with Crippen molar-refractivity contribution < 1.29 is 0 Å². The summed E-state index contributed by atoms with van der Waals surface area (Å²) in [5.74, 6) is 2.11. The van der Waals surface area contributed by atoms with E-state index in [1.54, 1.807) is 0 Å². The Morgan fingerprint density at radius 2 is 1.88 bits per heavy atom. The molecular weight excluding hydrogens is 214 g/mol. The van der Waals surface area contributed by atoms with Gasteiger partial charge in [0, 0.05) is 18.1 Å². The lowest BCUT2D eigenvalue weighted by Crippen LogP contribution is -2.10. The summed E-state index contributed by atoms with van der Waals surface area (Å²) >= 11 is 1.93. The first-order valence-corrected chi connectivity index (χ1v) is 6.73. The van der Waals surface area contributed by atoms with Crippen LogP contribution in [0.2, 0.25) is 0 Å². The maximum atomic E-state index is 4.03. The molecule has 0 saturated carbocycles. The van der Waals surface area contributed by atoms with Gasteiger partial charge in [-0.3, -0.25) is 0 Å². The Balaban J connectivity index is 2.40. The molecule has 0 amide bonds. The van der Waals surface area contributed by atoms with Crippen LogP contribution in [0.3, 0.4) is 0 Å². The van der Waals surface area contributed by atoms with Crippen molar-refractivity contribution in [2.24, 2.45) is 0 Å². The minimum Gasteiger partial charge on any atom is -0.316 e. The highest BCUT2D eigenvalue weighted by molar-refractivity contribution is 7.98. The molecule has 0 heterocycles. The minimum absolute atomic E-state index is 0.917. The Labute approximate surface area is 103 Å². The van der Waals surface area contributed by atoms with Crippen molar-refractivity contribution in [1.82, 2.24) is 5.32 Å². The van der Waals surface area contributed by atoms with Crippen LogP contribution in [-0.2, 0) is 5.75 Å². The zero-order chi connectivity index (χ0) is 12.0.